The largest absolute Gasteiger partial charge is 0.323 e. The van der Waals surface area contributed by atoms with Crippen molar-refractivity contribution in [3.8, 4) is 0 Å². The van der Waals surface area contributed by atoms with Crippen molar-refractivity contribution in [3.63, 3.8) is 0 Å². The van der Waals surface area contributed by atoms with Gasteiger partial charge in [0.15, 0.2) is 0 Å². The molecule has 0 aromatic heterocycles. The fourth-order valence-corrected chi connectivity index (χ4v) is 3.11. The van der Waals surface area contributed by atoms with Gasteiger partial charge in [-0.1, -0.05) is 13.8 Å². The molecule has 1 saturated carbocycles. The first-order chi connectivity index (χ1) is 7.02. The van der Waals surface area contributed by atoms with Crippen LogP contribution in [-0.2, 0) is 4.79 Å². The van der Waals surface area contributed by atoms with Gasteiger partial charge in [-0.2, -0.15) is 0 Å². The second-order valence-corrected chi connectivity index (χ2v) is 5.29. The highest BCUT2D eigenvalue weighted by Crippen LogP contribution is 2.36. The lowest BCUT2D eigenvalue weighted by atomic mass is 9.96. The number of carbonyl (C=O) groups is 1. The van der Waals surface area contributed by atoms with Crippen molar-refractivity contribution in [2.24, 2.45) is 11.8 Å². The highest BCUT2D eigenvalue weighted by molar-refractivity contribution is 5.84. The maximum Gasteiger partial charge on any atom is 0.240 e. The predicted molar refractivity (Wildman–Crippen MR) is 60.3 cm³/mol. The quantitative estimate of drug-likeness (QED) is 0.713. The summed E-state index contributed by atoms with van der Waals surface area (Å²) in [7, 11) is 0. The normalized spacial score (nSPS) is 46.5. The van der Waals surface area contributed by atoms with Gasteiger partial charge < -0.3 is 4.90 Å². The van der Waals surface area contributed by atoms with Gasteiger partial charge >= 0.3 is 0 Å². The van der Waals surface area contributed by atoms with Crippen molar-refractivity contribution in [2.45, 2.75) is 58.8 Å². The highest BCUT2D eigenvalue weighted by atomic mass is 16.2. The first-order valence-corrected chi connectivity index (χ1v) is 6.10. The average Bonchev–Trinajstić information content (AvgIpc) is 2.60. The van der Waals surface area contributed by atoms with E-state index in [1.54, 1.807) is 0 Å². The van der Waals surface area contributed by atoms with Crippen LogP contribution in [0.3, 0.4) is 0 Å². The number of hydrogen-bond acceptors (Lipinski definition) is 2. The van der Waals surface area contributed by atoms with Crippen molar-refractivity contribution >= 4 is 5.91 Å². The summed E-state index contributed by atoms with van der Waals surface area (Å²) in [6.07, 6.45) is 2.65. The number of rotatable bonds is 1. The number of carbonyl (C=O) groups excluding carboxylic acids is 1. The van der Waals surface area contributed by atoms with Gasteiger partial charge in [-0.3, -0.25) is 10.1 Å². The molecule has 3 heteroatoms. The molecule has 1 aliphatic carbocycles. The Labute approximate surface area is 92.2 Å². The molecule has 2 aliphatic rings. The maximum absolute atomic E-state index is 12.0. The van der Waals surface area contributed by atoms with Crippen LogP contribution in [-0.4, -0.2) is 29.1 Å². The van der Waals surface area contributed by atoms with E-state index >= 15 is 0 Å². The van der Waals surface area contributed by atoms with Crippen molar-refractivity contribution in [2.75, 3.05) is 0 Å². The fraction of sp³-hybridized carbons (Fsp3) is 0.917. The van der Waals surface area contributed by atoms with Crippen LogP contribution in [0.25, 0.3) is 0 Å². The second-order valence-electron chi connectivity index (χ2n) is 5.29. The molecular weight excluding hydrogens is 188 g/mol. The van der Waals surface area contributed by atoms with E-state index in [1.807, 2.05) is 6.92 Å². The van der Waals surface area contributed by atoms with E-state index in [-0.39, 0.29) is 18.1 Å². The van der Waals surface area contributed by atoms with Crippen LogP contribution >= 0.6 is 0 Å². The van der Waals surface area contributed by atoms with Crippen LogP contribution in [0.1, 0.15) is 40.5 Å². The molecule has 0 radical (unpaired) electrons. The Hall–Kier alpha value is -0.570. The predicted octanol–water partition coefficient (Wildman–Crippen LogP) is 1.59. The molecule has 1 aliphatic heterocycles. The van der Waals surface area contributed by atoms with Gasteiger partial charge in [-0.25, -0.2) is 0 Å². The third-order valence-corrected chi connectivity index (χ3v) is 4.31. The molecule has 0 spiro atoms. The molecule has 3 nitrogen and oxygen atoms in total. The van der Waals surface area contributed by atoms with Crippen molar-refractivity contribution in [3.05, 3.63) is 0 Å². The Morgan fingerprint density at radius 3 is 2.27 bits per heavy atom. The Balaban J connectivity index is 2.14. The molecule has 86 valence electrons. The number of nitrogens with one attached hydrogen (secondary N) is 1. The minimum atomic E-state index is 0.00288. The topological polar surface area (TPSA) is 32.3 Å². The molecule has 5 atom stereocenters. The van der Waals surface area contributed by atoms with Gasteiger partial charge in [0.1, 0.15) is 0 Å². The smallest absolute Gasteiger partial charge is 0.240 e. The van der Waals surface area contributed by atoms with Crippen LogP contribution in [0.5, 0.6) is 0 Å². The van der Waals surface area contributed by atoms with Crippen LogP contribution < -0.4 is 5.32 Å². The van der Waals surface area contributed by atoms with Gasteiger partial charge in [0.05, 0.1) is 12.2 Å². The molecule has 1 saturated heterocycles. The van der Waals surface area contributed by atoms with E-state index in [1.165, 1.54) is 12.8 Å². The van der Waals surface area contributed by atoms with E-state index < -0.39 is 0 Å². The molecule has 0 aromatic rings. The molecule has 2 fully saturated rings. The molecule has 5 unspecified atom stereocenters. The van der Waals surface area contributed by atoms with Crippen LogP contribution in [0.2, 0.25) is 0 Å². The van der Waals surface area contributed by atoms with Crippen LogP contribution in [0.4, 0.5) is 0 Å². The number of amides is 1. The van der Waals surface area contributed by atoms with E-state index in [4.69, 9.17) is 0 Å². The standard InChI is InChI=1S/C12H22N2O/c1-7-5-6-11(8(7)2)14-10(4)13-9(3)12(14)15/h7-11,13H,5-6H2,1-4H3. The van der Waals surface area contributed by atoms with Crippen molar-refractivity contribution in [1.82, 2.24) is 10.2 Å². The lowest BCUT2D eigenvalue weighted by Crippen LogP contribution is -2.44. The van der Waals surface area contributed by atoms with Crippen LogP contribution in [0, 0.1) is 11.8 Å². The van der Waals surface area contributed by atoms with Gasteiger partial charge in [0, 0.05) is 6.04 Å². The molecular formula is C12H22N2O. The van der Waals surface area contributed by atoms with Gasteiger partial charge in [0.2, 0.25) is 5.91 Å². The molecule has 0 aromatic carbocycles. The zero-order valence-corrected chi connectivity index (χ0v) is 10.2. The van der Waals surface area contributed by atoms with Gasteiger partial charge in [0.25, 0.3) is 0 Å². The third-order valence-electron chi connectivity index (χ3n) is 4.31. The summed E-state index contributed by atoms with van der Waals surface area (Å²) in [6, 6.07) is 0.461. The second kappa shape index (κ2) is 3.78. The Bertz CT molecular complexity index is 266. The molecule has 2 rings (SSSR count). The molecule has 0 bridgehead atoms. The molecule has 1 heterocycles. The average molecular weight is 210 g/mol. The maximum atomic E-state index is 12.0. The highest BCUT2D eigenvalue weighted by Gasteiger charge is 2.43. The lowest BCUT2D eigenvalue weighted by molar-refractivity contribution is -0.132. The fourth-order valence-electron chi connectivity index (χ4n) is 3.11. The van der Waals surface area contributed by atoms with Crippen molar-refractivity contribution < 1.29 is 4.79 Å². The first kappa shape index (κ1) is 10.9. The van der Waals surface area contributed by atoms with E-state index in [0.717, 1.165) is 5.92 Å². The minimum absolute atomic E-state index is 0.00288. The first-order valence-electron chi connectivity index (χ1n) is 6.10. The van der Waals surface area contributed by atoms with E-state index in [2.05, 4.69) is 31.0 Å². The Kier molecular flexibility index (Phi) is 2.75. The third kappa shape index (κ3) is 1.67. The van der Waals surface area contributed by atoms with Gasteiger partial charge in [-0.05, 0) is 38.5 Å². The number of nitrogens with zero attached hydrogens (tertiary/aromatic N) is 1. The Morgan fingerprint density at radius 1 is 1.20 bits per heavy atom. The minimum Gasteiger partial charge on any atom is -0.323 e. The lowest BCUT2D eigenvalue weighted by Gasteiger charge is -2.32. The molecule has 1 amide bonds. The summed E-state index contributed by atoms with van der Waals surface area (Å²) in [5, 5.41) is 3.31. The van der Waals surface area contributed by atoms with Gasteiger partial charge in [-0.15, -0.1) is 0 Å². The van der Waals surface area contributed by atoms with Crippen LogP contribution in [0.15, 0.2) is 0 Å². The summed E-state index contributed by atoms with van der Waals surface area (Å²) in [4.78, 5) is 14.1. The monoisotopic (exact) mass is 210 g/mol. The molecule has 15 heavy (non-hydrogen) atoms. The summed E-state index contributed by atoms with van der Waals surface area (Å²) in [6.45, 7) is 8.64. The van der Waals surface area contributed by atoms with Crippen molar-refractivity contribution in [1.29, 1.82) is 0 Å². The summed E-state index contributed by atoms with van der Waals surface area (Å²) >= 11 is 0. The zero-order valence-electron chi connectivity index (χ0n) is 10.2. The SMILES string of the molecule is CC1NC(C)N(C2CCC(C)C2C)C1=O. The zero-order chi connectivity index (χ0) is 11.2. The number of hydrogen-bond donors (Lipinski definition) is 1. The van der Waals surface area contributed by atoms with E-state index in [9.17, 15) is 4.79 Å². The summed E-state index contributed by atoms with van der Waals surface area (Å²) in [5.74, 6) is 1.68. The summed E-state index contributed by atoms with van der Waals surface area (Å²) in [5.41, 5.74) is 0. The summed E-state index contributed by atoms with van der Waals surface area (Å²) < 4.78 is 0. The Morgan fingerprint density at radius 2 is 1.87 bits per heavy atom. The van der Waals surface area contributed by atoms with E-state index in [0.29, 0.717) is 12.0 Å². The molecule has 1 N–H and O–H groups in total.